The number of carbonyl (C=O) groups excluding carboxylic acids is 1. The lowest BCUT2D eigenvalue weighted by molar-refractivity contribution is -0.137. The third-order valence-corrected chi connectivity index (χ3v) is 2.65. The van der Waals surface area contributed by atoms with Crippen LogP contribution in [0.5, 0.6) is 0 Å². The molecular weight excluding hydrogens is 273 g/mol. The van der Waals surface area contributed by atoms with Gasteiger partial charge in [0.15, 0.2) is 0 Å². The van der Waals surface area contributed by atoms with E-state index in [1.54, 1.807) is 12.1 Å². The molecule has 2 aromatic rings. The number of hydrazine groups is 1. The third-order valence-electron chi connectivity index (χ3n) is 2.65. The smallest absolute Gasteiger partial charge is 0.290 e. The van der Waals surface area contributed by atoms with Crippen LogP contribution in [-0.2, 0) is 12.7 Å². The maximum Gasteiger partial charge on any atom is 0.419 e. The Labute approximate surface area is 112 Å². The molecule has 5 nitrogen and oxygen atoms in total. The van der Waals surface area contributed by atoms with Crippen molar-refractivity contribution in [1.82, 2.24) is 15.2 Å². The summed E-state index contributed by atoms with van der Waals surface area (Å²) in [7, 11) is 0. The van der Waals surface area contributed by atoms with E-state index in [-0.39, 0.29) is 6.54 Å². The fourth-order valence-corrected chi connectivity index (χ4v) is 1.63. The summed E-state index contributed by atoms with van der Waals surface area (Å²) in [4.78, 5) is 11.2. The van der Waals surface area contributed by atoms with Gasteiger partial charge in [-0.15, -0.1) is 0 Å². The molecule has 0 aliphatic carbocycles. The Hall–Kier alpha value is -2.35. The summed E-state index contributed by atoms with van der Waals surface area (Å²) < 4.78 is 38.4. The molecular formula is C12H11F3N4O. The van der Waals surface area contributed by atoms with E-state index in [9.17, 15) is 18.0 Å². The molecule has 1 amide bonds. The molecule has 0 atom stereocenters. The molecule has 106 valence electrons. The van der Waals surface area contributed by atoms with Crippen LogP contribution in [0.2, 0.25) is 0 Å². The number of hydrogen-bond acceptors (Lipinski definition) is 3. The van der Waals surface area contributed by atoms with Gasteiger partial charge in [0.05, 0.1) is 18.3 Å². The number of aromatic nitrogens is 2. The molecule has 8 heteroatoms. The van der Waals surface area contributed by atoms with Crippen molar-refractivity contribution in [1.29, 1.82) is 0 Å². The van der Waals surface area contributed by atoms with Crippen LogP contribution >= 0.6 is 0 Å². The largest absolute Gasteiger partial charge is 0.419 e. The van der Waals surface area contributed by atoms with E-state index in [1.807, 2.05) is 5.43 Å². The molecule has 1 heterocycles. The summed E-state index contributed by atoms with van der Waals surface area (Å²) in [6, 6.07) is 6.32. The van der Waals surface area contributed by atoms with Crippen molar-refractivity contribution in [2.75, 3.05) is 0 Å². The fraction of sp³-hybridized carbons (Fsp3) is 0.167. The lowest BCUT2D eigenvalue weighted by Gasteiger charge is -2.04. The SMILES string of the molecule is NNC(=O)c1ccc(Cn2cc(C(F)(F)F)cn2)cc1. The van der Waals surface area contributed by atoms with Crippen molar-refractivity contribution in [3.05, 3.63) is 53.3 Å². The summed E-state index contributed by atoms with van der Waals surface area (Å²) in [5.41, 5.74) is 2.28. The summed E-state index contributed by atoms with van der Waals surface area (Å²) in [6.07, 6.45) is -2.70. The average molecular weight is 284 g/mol. The topological polar surface area (TPSA) is 72.9 Å². The van der Waals surface area contributed by atoms with E-state index < -0.39 is 17.6 Å². The molecule has 0 saturated heterocycles. The van der Waals surface area contributed by atoms with E-state index in [4.69, 9.17) is 5.84 Å². The number of nitrogens with two attached hydrogens (primary N) is 1. The number of alkyl halides is 3. The number of halogens is 3. The number of carbonyl (C=O) groups is 1. The van der Waals surface area contributed by atoms with Gasteiger partial charge in [-0.1, -0.05) is 12.1 Å². The predicted molar refractivity (Wildman–Crippen MR) is 64.4 cm³/mol. The first-order chi connectivity index (χ1) is 9.40. The van der Waals surface area contributed by atoms with Crippen molar-refractivity contribution >= 4 is 5.91 Å². The van der Waals surface area contributed by atoms with E-state index in [0.29, 0.717) is 5.56 Å². The van der Waals surface area contributed by atoms with Gasteiger partial charge in [0, 0.05) is 11.8 Å². The second kappa shape index (κ2) is 5.33. The first-order valence-electron chi connectivity index (χ1n) is 5.59. The normalized spacial score (nSPS) is 11.4. The van der Waals surface area contributed by atoms with Crippen LogP contribution in [0.25, 0.3) is 0 Å². The molecule has 0 aliphatic rings. The zero-order chi connectivity index (χ0) is 14.8. The molecule has 0 fully saturated rings. The number of amides is 1. The maximum absolute atomic E-state index is 12.4. The van der Waals surface area contributed by atoms with Crippen molar-refractivity contribution < 1.29 is 18.0 Å². The van der Waals surface area contributed by atoms with Gasteiger partial charge >= 0.3 is 6.18 Å². The molecule has 0 unspecified atom stereocenters. The van der Waals surface area contributed by atoms with Crippen molar-refractivity contribution in [2.45, 2.75) is 12.7 Å². The third kappa shape index (κ3) is 3.15. The molecule has 0 saturated carbocycles. The quantitative estimate of drug-likeness (QED) is 0.510. The standard InChI is InChI=1S/C12H11F3N4O/c13-12(14,15)10-5-17-19(7-10)6-8-1-3-9(4-2-8)11(20)18-16/h1-5,7H,6,16H2,(H,18,20). The minimum absolute atomic E-state index is 0.181. The fourth-order valence-electron chi connectivity index (χ4n) is 1.63. The second-order valence-corrected chi connectivity index (χ2v) is 4.09. The minimum atomic E-state index is -4.40. The van der Waals surface area contributed by atoms with Crippen molar-refractivity contribution in [3.8, 4) is 0 Å². The molecule has 0 aliphatic heterocycles. The number of nitrogen functional groups attached to an aromatic ring is 1. The van der Waals surface area contributed by atoms with Crippen LogP contribution in [0.4, 0.5) is 13.2 Å². The van der Waals surface area contributed by atoms with Gasteiger partial charge in [-0.25, -0.2) is 5.84 Å². The highest BCUT2D eigenvalue weighted by molar-refractivity contribution is 5.93. The lowest BCUT2D eigenvalue weighted by Crippen LogP contribution is -2.29. The lowest BCUT2D eigenvalue weighted by atomic mass is 10.1. The maximum atomic E-state index is 12.4. The van der Waals surface area contributed by atoms with Gasteiger partial charge in [0.2, 0.25) is 0 Å². The minimum Gasteiger partial charge on any atom is -0.290 e. The Balaban J connectivity index is 2.10. The van der Waals surface area contributed by atoms with E-state index >= 15 is 0 Å². The van der Waals surface area contributed by atoms with Gasteiger partial charge < -0.3 is 0 Å². The Kier molecular flexibility index (Phi) is 3.75. The van der Waals surface area contributed by atoms with Crippen LogP contribution in [-0.4, -0.2) is 15.7 Å². The number of hydrogen-bond donors (Lipinski definition) is 2. The first-order valence-corrected chi connectivity index (χ1v) is 5.59. The van der Waals surface area contributed by atoms with Gasteiger partial charge in [0.25, 0.3) is 5.91 Å². The van der Waals surface area contributed by atoms with Crippen LogP contribution in [0.3, 0.4) is 0 Å². The first kappa shape index (κ1) is 14.1. The highest BCUT2D eigenvalue weighted by Gasteiger charge is 2.32. The number of nitrogens with zero attached hydrogens (tertiary/aromatic N) is 2. The van der Waals surface area contributed by atoms with E-state index in [0.717, 1.165) is 18.0 Å². The number of nitrogens with one attached hydrogen (secondary N) is 1. The molecule has 3 N–H and O–H groups in total. The Morgan fingerprint density at radius 1 is 1.30 bits per heavy atom. The Bertz CT molecular complexity index is 604. The van der Waals surface area contributed by atoms with Crippen LogP contribution in [0.15, 0.2) is 36.7 Å². The van der Waals surface area contributed by atoms with Gasteiger partial charge in [0.1, 0.15) is 0 Å². The van der Waals surface area contributed by atoms with Crippen molar-refractivity contribution in [3.63, 3.8) is 0 Å². The Morgan fingerprint density at radius 2 is 1.95 bits per heavy atom. The molecule has 0 spiro atoms. The van der Waals surface area contributed by atoms with Crippen LogP contribution < -0.4 is 11.3 Å². The van der Waals surface area contributed by atoms with E-state index in [2.05, 4.69) is 5.10 Å². The van der Waals surface area contributed by atoms with Gasteiger partial charge in [-0.3, -0.25) is 14.9 Å². The van der Waals surface area contributed by atoms with Crippen LogP contribution in [0.1, 0.15) is 21.5 Å². The zero-order valence-electron chi connectivity index (χ0n) is 10.2. The predicted octanol–water partition coefficient (Wildman–Crippen LogP) is 1.55. The molecule has 0 radical (unpaired) electrons. The summed E-state index contributed by atoms with van der Waals surface area (Å²) in [5, 5.41) is 3.65. The molecule has 2 rings (SSSR count). The van der Waals surface area contributed by atoms with Gasteiger partial charge in [-0.2, -0.15) is 18.3 Å². The average Bonchev–Trinajstić information content (AvgIpc) is 2.87. The zero-order valence-corrected chi connectivity index (χ0v) is 10.2. The second-order valence-electron chi connectivity index (χ2n) is 4.09. The number of rotatable bonds is 3. The molecule has 1 aromatic carbocycles. The summed E-state index contributed by atoms with van der Waals surface area (Å²) in [6.45, 7) is 0.181. The highest BCUT2D eigenvalue weighted by atomic mass is 19.4. The number of benzene rings is 1. The van der Waals surface area contributed by atoms with Crippen molar-refractivity contribution in [2.24, 2.45) is 5.84 Å². The van der Waals surface area contributed by atoms with E-state index in [1.165, 1.54) is 16.8 Å². The Morgan fingerprint density at radius 3 is 2.45 bits per heavy atom. The van der Waals surface area contributed by atoms with Gasteiger partial charge in [-0.05, 0) is 17.7 Å². The molecule has 0 bridgehead atoms. The summed E-state index contributed by atoms with van der Waals surface area (Å²) >= 11 is 0. The molecule has 20 heavy (non-hydrogen) atoms. The van der Waals surface area contributed by atoms with Crippen LogP contribution in [0, 0.1) is 0 Å². The highest BCUT2D eigenvalue weighted by Crippen LogP contribution is 2.28. The molecule has 1 aromatic heterocycles. The monoisotopic (exact) mass is 284 g/mol. The summed E-state index contributed by atoms with van der Waals surface area (Å²) in [5.74, 6) is 4.55.